The molecule has 140 valence electrons. The summed E-state index contributed by atoms with van der Waals surface area (Å²) in [6.45, 7) is 0.112. The van der Waals surface area contributed by atoms with Gasteiger partial charge in [-0.3, -0.25) is 9.59 Å². The third kappa shape index (κ3) is 4.78. The Hall–Kier alpha value is -3.49. The van der Waals surface area contributed by atoms with Crippen LogP contribution in [-0.4, -0.2) is 16.8 Å². The summed E-state index contributed by atoms with van der Waals surface area (Å²) in [6, 6.07) is 12.7. The molecular formula is C18H13F3N2O4. The number of furan rings is 1. The molecule has 0 bridgehead atoms. The standard InChI is InChI=1S/C18H13F3N2O4/c19-18(20,21)27-14-6-2-1-5-13(14)22-17(25)15-9-8-12(26-15)11-23-10-4-3-7-16(23)24/h1-10H,11H2,(H,22,25). The topological polar surface area (TPSA) is 73.5 Å². The van der Waals surface area contributed by atoms with Crippen LogP contribution >= 0.6 is 0 Å². The summed E-state index contributed by atoms with van der Waals surface area (Å²) in [5.41, 5.74) is -0.393. The fourth-order valence-electron chi connectivity index (χ4n) is 2.31. The van der Waals surface area contributed by atoms with E-state index < -0.39 is 18.0 Å². The fraction of sp³-hybridized carbons (Fsp3) is 0.111. The van der Waals surface area contributed by atoms with Crippen LogP contribution in [0.3, 0.4) is 0 Å². The Morgan fingerprint density at radius 3 is 2.56 bits per heavy atom. The first kappa shape index (κ1) is 18.3. The van der Waals surface area contributed by atoms with Crippen molar-refractivity contribution < 1.29 is 27.1 Å². The summed E-state index contributed by atoms with van der Waals surface area (Å²) < 4.78 is 48.0. The number of rotatable bonds is 5. The molecule has 27 heavy (non-hydrogen) atoms. The Kier molecular flexibility index (Phi) is 5.02. The molecule has 2 aromatic heterocycles. The van der Waals surface area contributed by atoms with Gasteiger partial charge in [-0.1, -0.05) is 18.2 Å². The molecule has 0 saturated carbocycles. The molecule has 2 heterocycles. The van der Waals surface area contributed by atoms with Crippen molar-refractivity contribution in [2.75, 3.05) is 5.32 Å². The van der Waals surface area contributed by atoms with Crippen LogP contribution in [0.25, 0.3) is 0 Å². The van der Waals surface area contributed by atoms with Crippen LogP contribution in [0.5, 0.6) is 5.75 Å². The number of carbonyl (C=O) groups is 1. The third-order valence-corrected chi connectivity index (χ3v) is 3.47. The second-order valence-electron chi connectivity index (χ2n) is 5.43. The molecule has 0 unspecified atom stereocenters. The molecule has 9 heteroatoms. The number of hydrogen-bond acceptors (Lipinski definition) is 4. The van der Waals surface area contributed by atoms with Gasteiger partial charge in [0, 0.05) is 12.3 Å². The highest BCUT2D eigenvalue weighted by Crippen LogP contribution is 2.30. The predicted octanol–water partition coefficient (Wildman–Crippen LogP) is 3.64. The number of benzene rings is 1. The van der Waals surface area contributed by atoms with Crippen LogP contribution in [0.4, 0.5) is 18.9 Å². The van der Waals surface area contributed by atoms with Crippen LogP contribution in [-0.2, 0) is 6.54 Å². The number of hydrogen-bond donors (Lipinski definition) is 1. The van der Waals surface area contributed by atoms with Crippen molar-refractivity contribution in [2.45, 2.75) is 12.9 Å². The van der Waals surface area contributed by atoms with Gasteiger partial charge < -0.3 is 19.0 Å². The first-order valence-corrected chi connectivity index (χ1v) is 7.72. The molecular weight excluding hydrogens is 365 g/mol. The maximum atomic E-state index is 12.4. The highest BCUT2D eigenvalue weighted by atomic mass is 19.4. The molecule has 0 spiro atoms. The SMILES string of the molecule is O=C(Nc1ccccc1OC(F)(F)F)c1ccc(Cn2ccccc2=O)o1. The molecule has 0 aliphatic carbocycles. The van der Waals surface area contributed by atoms with E-state index in [1.807, 2.05) is 0 Å². The largest absolute Gasteiger partial charge is 0.573 e. The van der Waals surface area contributed by atoms with Gasteiger partial charge >= 0.3 is 6.36 Å². The van der Waals surface area contributed by atoms with Gasteiger partial charge in [-0.05, 0) is 30.3 Å². The summed E-state index contributed by atoms with van der Waals surface area (Å²) in [6.07, 6.45) is -3.32. The molecule has 0 radical (unpaired) electrons. The lowest BCUT2D eigenvalue weighted by atomic mass is 10.3. The average molecular weight is 378 g/mol. The third-order valence-electron chi connectivity index (χ3n) is 3.47. The van der Waals surface area contributed by atoms with Crippen molar-refractivity contribution in [2.24, 2.45) is 0 Å². The Morgan fingerprint density at radius 1 is 1.07 bits per heavy atom. The van der Waals surface area contributed by atoms with Crippen LogP contribution in [0.2, 0.25) is 0 Å². The monoisotopic (exact) mass is 378 g/mol. The zero-order valence-corrected chi connectivity index (χ0v) is 13.7. The van der Waals surface area contributed by atoms with E-state index in [1.54, 1.807) is 18.3 Å². The number of nitrogens with one attached hydrogen (secondary N) is 1. The smallest absolute Gasteiger partial charge is 0.454 e. The number of nitrogens with zero attached hydrogens (tertiary/aromatic N) is 1. The molecule has 0 fully saturated rings. The first-order valence-electron chi connectivity index (χ1n) is 7.72. The van der Waals surface area contributed by atoms with Crippen molar-refractivity contribution in [3.05, 3.63) is 82.7 Å². The van der Waals surface area contributed by atoms with Gasteiger partial charge in [0.15, 0.2) is 11.5 Å². The summed E-state index contributed by atoms with van der Waals surface area (Å²) in [5.74, 6) is -1.06. The number of ether oxygens (including phenoxy) is 1. The van der Waals surface area contributed by atoms with Crippen molar-refractivity contribution in [1.82, 2.24) is 4.57 Å². The summed E-state index contributed by atoms with van der Waals surface area (Å²) in [5, 5.41) is 2.31. The second-order valence-corrected chi connectivity index (χ2v) is 5.43. The van der Waals surface area contributed by atoms with Gasteiger partial charge in [0.2, 0.25) is 0 Å². The molecule has 0 aliphatic heterocycles. The van der Waals surface area contributed by atoms with Crippen molar-refractivity contribution in [3.63, 3.8) is 0 Å². The summed E-state index contributed by atoms with van der Waals surface area (Å²) >= 11 is 0. The number of carbonyl (C=O) groups excluding carboxylic acids is 1. The van der Waals surface area contributed by atoms with Crippen molar-refractivity contribution in [1.29, 1.82) is 0 Å². The van der Waals surface area contributed by atoms with E-state index in [4.69, 9.17) is 4.42 Å². The van der Waals surface area contributed by atoms with E-state index >= 15 is 0 Å². The zero-order valence-electron chi connectivity index (χ0n) is 13.7. The minimum Gasteiger partial charge on any atom is -0.454 e. The van der Waals surface area contributed by atoms with Crippen LogP contribution in [0.15, 0.2) is 70.0 Å². The zero-order chi connectivity index (χ0) is 19.4. The van der Waals surface area contributed by atoms with Gasteiger partial charge in [-0.25, -0.2) is 0 Å². The quantitative estimate of drug-likeness (QED) is 0.736. The minimum absolute atomic E-state index is 0.112. The molecule has 3 aromatic rings. The Morgan fingerprint density at radius 2 is 1.81 bits per heavy atom. The highest BCUT2D eigenvalue weighted by molar-refractivity contribution is 6.03. The number of halogens is 3. The lowest BCUT2D eigenvalue weighted by Gasteiger charge is -2.13. The van der Waals surface area contributed by atoms with Gasteiger partial charge in [-0.2, -0.15) is 0 Å². The first-order chi connectivity index (χ1) is 12.8. The minimum atomic E-state index is -4.89. The maximum Gasteiger partial charge on any atom is 0.573 e. The number of amides is 1. The second kappa shape index (κ2) is 7.40. The van der Waals surface area contributed by atoms with E-state index in [1.165, 1.54) is 41.0 Å². The van der Waals surface area contributed by atoms with E-state index in [9.17, 15) is 22.8 Å². The molecule has 0 atom stereocenters. The molecule has 1 N–H and O–H groups in total. The van der Waals surface area contributed by atoms with E-state index in [-0.39, 0.29) is 23.6 Å². The molecule has 6 nitrogen and oxygen atoms in total. The van der Waals surface area contributed by atoms with E-state index in [0.29, 0.717) is 5.76 Å². The number of alkyl halides is 3. The van der Waals surface area contributed by atoms with Gasteiger partial charge in [0.05, 0.1) is 12.2 Å². The van der Waals surface area contributed by atoms with Crippen LogP contribution in [0.1, 0.15) is 16.3 Å². The van der Waals surface area contributed by atoms with Crippen molar-refractivity contribution >= 4 is 11.6 Å². The van der Waals surface area contributed by atoms with Crippen molar-refractivity contribution in [3.8, 4) is 5.75 Å². The molecule has 1 aromatic carbocycles. The van der Waals surface area contributed by atoms with Gasteiger partial charge in [-0.15, -0.1) is 13.2 Å². The molecule has 3 rings (SSSR count). The van der Waals surface area contributed by atoms with Crippen LogP contribution < -0.4 is 15.6 Å². The molecule has 0 aliphatic rings. The maximum absolute atomic E-state index is 12.4. The average Bonchev–Trinajstić information content (AvgIpc) is 3.06. The Bertz CT molecular complexity index is 1010. The molecule has 0 saturated heterocycles. The fourth-order valence-corrected chi connectivity index (χ4v) is 2.31. The van der Waals surface area contributed by atoms with E-state index in [0.717, 1.165) is 6.07 Å². The predicted molar refractivity (Wildman–Crippen MR) is 89.6 cm³/mol. The number of aromatic nitrogens is 1. The van der Waals surface area contributed by atoms with Crippen LogP contribution in [0, 0.1) is 0 Å². The number of anilines is 1. The number of para-hydroxylation sites is 2. The lowest BCUT2D eigenvalue weighted by Crippen LogP contribution is -2.19. The van der Waals surface area contributed by atoms with Gasteiger partial charge in [0.1, 0.15) is 5.76 Å². The number of pyridine rings is 1. The Balaban J connectivity index is 1.74. The summed E-state index contributed by atoms with van der Waals surface area (Å²) in [7, 11) is 0. The Labute approximate surface area is 150 Å². The normalized spacial score (nSPS) is 11.2. The molecule has 1 amide bonds. The highest BCUT2D eigenvalue weighted by Gasteiger charge is 2.32. The van der Waals surface area contributed by atoms with E-state index in [2.05, 4.69) is 10.1 Å². The summed E-state index contributed by atoms with van der Waals surface area (Å²) in [4.78, 5) is 23.9. The lowest BCUT2D eigenvalue weighted by molar-refractivity contribution is -0.274. The van der Waals surface area contributed by atoms with Gasteiger partial charge in [0.25, 0.3) is 11.5 Å².